The molecule has 1 amide bonds. The molecule has 150 valence electrons. The summed E-state index contributed by atoms with van der Waals surface area (Å²) in [5, 5.41) is 2.99. The number of hydrogen-bond donors (Lipinski definition) is 1. The molecule has 0 unspecified atom stereocenters. The van der Waals surface area contributed by atoms with Crippen molar-refractivity contribution in [2.24, 2.45) is 7.05 Å². The van der Waals surface area contributed by atoms with Gasteiger partial charge in [-0.3, -0.25) is 4.79 Å². The number of benzene rings is 2. The topological polar surface area (TPSA) is 76.5 Å². The highest BCUT2D eigenvalue weighted by molar-refractivity contribution is 6.08. The molecule has 7 nitrogen and oxygen atoms in total. The zero-order chi connectivity index (χ0) is 20.5. The Morgan fingerprint density at radius 1 is 1.07 bits per heavy atom. The molecule has 4 rings (SSSR count). The predicted octanol–water partition coefficient (Wildman–Crippen LogP) is 3.52. The number of carbonyl (C=O) groups excluding carboxylic acids is 2. The monoisotopic (exact) mass is 392 g/mol. The van der Waals surface area contributed by atoms with Crippen LogP contribution in [0, 0.1) is 6.92 Å². The first-order chi connectivity index (χ1) is 14.0. The van der Waals surface area contributed by atoms with E-state index in [0.29, 0.717) is 16.8 Å². The van der Waals surface area contributed by atoms with E-state index in [1.165, 1.54) is 7.11 Å². The molecule has 1 fully saturated rings. The van der Waals surface area contributed by atoms with E-state index in [9.17, 15) is 9.59 Å². The van der Waals surface area contributed by atoms with Gasteiger partial charge >= 0.3 is 5.97 Å². The van der Waals surface area contributed by atoms with Gasteiger partial charge in [-0.1, -0.05) is 0 Å². The van der Waals surface area contributed by atoms with Crippen LogP contribution in [0.15, 0.2) is 36.4 Å². The van der Waals surface area contributed by atoms with Gasteiger partial charge in [0, 0.05) is 25.7 Å². The Labute approximate surface area is 169 Å². The number of hydrogen-bond acceptors (Lipinski definition) is 5. The van der Waals surface area contributed by atoms with Gasteiger partial charge in [-0.05, 0) is 56.2 Å². The van der Waals surface area contributed by atoms with Gasteiger partial charge in [-0.15, -0.1) is 0 Å². The summed E-state index contributed by atoms with van der Waals surface area (Å²) in [5.41, 5.74) is 4.20. The van der Waals surface area contributed by atoms with E-state index < -0.39 is 5.97 Å². The second-order valence-corrected chi connectivity index (χ2v) is 7.29. The number of carbonyl (C=O) groups is 2. The third kappa shape index (κ3) is 3.55. The lowest BCUT2D eigenvalue weighted by Crippen LogP contribution is -2.21. The van der Waals surface area contributed by atoms with Crippen LogP contribution in [-0.2, 0) is 11.8 Å². The highest BCUT2D eigenvalue weighted by atomic mass is 16.5. The minimum atomic E-state index is -0.432. The van der Waals surface area contributed by atoms with Crippen molar-refractivity contribution in [2.45, 2.75) is 19.8 Å². The number of rotatable bonds is 4. The molecule has 1 saturated heterocycles. The second kappa shape index (κ2) is 7.58. The van der Waals surface area contributed by atoms with Crippen LogP contribution in [0.4, 0.5) is 11.4 Å². The number of ether oxygens (including phenoxy) is 1. The summed E-state index contributed by atoms with van der Waals surface area (Å²) in [5.74, 6) is 0.219. The van der Waals surface area contributed by atoms with Crippen LogP contribution in [0.5, 0.6) is 0 Å². The summed E-state index contributed by atoms with van der Waals surface area (Å²) in [7, 11) is 3.30. The summed E-state index contributed by atoms with van der Waals surface area (Å²) < 4.78 is 6.82. The van der Waals surface area contributed by atoms with Crippen LogP contribution in [0.2, 0.25) is 0 Å². The zero-order valence-corrected chi connectivity index (χ0v) is 16.9. The number of anilines is 2. The van der Waals surface area contributed by atoms with Crippen LogP contribution in [0.1, 0.15) is 39.4 Å². The Bertz CT molecular complexity index is 1100. The normalized spacial score (nSPS) is 13.7. The first-order valence-corrected chi connectivity index (χ1v) is 9.69. The van der Waals surface area contributed by atoms with Gasteiger partial charge in [0.1, 0.15) is 5.82 Å². The Hall–Kier alpha value is -3.35. The fraction of sp³-hybridized carbons (Fsp3) is 0.318. The van der Waals surface area contributed by atoms with Crippen LogP contribution in [0.3, 0.4) is 0 Å². The summed E-state index contributed by atoms with van der Waals surface area (Å²) in [4.78, 5) is 31.7. The quantitative estimate of drug-likeness (QED) is 0.688. The van der Waals surface area contributed by atoms with E-state index in [2.05, 4.69) is 15.2 Å². The Morgan fingerprint density at radius 3 is 2.52 bits per heavy atom. The molecule has 7 heteroatoms. The van der Waals surface area contributed by atoms with E-state index in [4.69, 9.17) is 4.74 Å². The van der Waals surface area contributed by atoms with Crippen molar-refractivity contribution >= 4 is 34.3 Å². The lowest BCUT2D eigenvalue weighted by molar-refractivity contribution is 0.0600. The maximum atomic E-state index is 13.0. The van der Waals surface area contributed by atoms with E-state index in [1.54, 1.807) is 24.3 Å². The first-order valence-electron chi connectivity index (χ1n) is 9.69. The van der Waals surface area contributed by atoms with E-state index >= 15 is 0 Å². The standard InChI is InChI=1S/C22H24N4O3/c1-14-23-17-12-15(6-8-19(17)25(14)2)21(27)24-18-13-16(22(28)29-3)7-9-20(18)26-10-4-5-11-26/h6-9,12-13H,4-5,10-11H2,1-3H3,(H,24,27). The van der Waals surface area contributed by atoms with Crippen LogP contribution >= 0.6 is 0 Å². The van der Waals surface area contributed by atoms with Gasteiger partial charge in [-0.25, -0.2) is 9.78 Å². The minimum Gasteiger partial charge on any atom is -0.465 e. The third-order valence-corrected chi connectivity index (χ3v) is 5.48. The summed E-state index contributed by atoms with van der Waals surface area (Å²) in [6.07, 6.45) is 2.23. The van der Waals surface area contributed by atoms with Crippen molar-refractivity contribution in [1.82, 2.24) is 9.55 Å². The second-order valence-electron chi connectivity index (χ2n) is 7.29. The Balaban J connectivity index is 1.67. The maximum Gasteiger partial charge on any atom is 0.337 e. The van der Waals surface area contributed by atoms with E-state index in [1.807, 2.05) is 30.7 Å². The molecule has 0 spiro atoms. The molecule has 1 aliphatic rings. The highest BCUT2D eigenvalue weighted by Gasteiger charge is 2.20. The number of esters is 1. The number of imidazole rings is 1. The van der Waals surface area contributed by atoms with Crippen molar-refractivity contribution in [3.8, 4) is 0 Å². The zero-order valence-electron chi connectivity index (χ0n) is 16.9. The molecule has 0 atom stereocenters. The number of fused-ring (bicyclic) bond motifs is 1. The molecule has 1 aliphatic heterocycles. The van der Waals surface area contributed by atoms with E-state index in [0.717, 1.165) is 48.5 Å². The van der Waals surface area contributed by atoms with Gasteiger partial charge in [0.25, 0.3) is 5.91 Å². The third-order valence-electron chi connectivity index (χ3n) is 5.48. The molecule has 1 aromatic heterocycles. The van der Waals surface area contributed by atoms with Gasteiger partial charge in [0.15, 0.2) is 0 Å². The van der Waals surface area contributed by atoms with Crippen molar-refractivity contribution < 1.29 is 14.3 Å². The molecule has 0 saturated carbocycles. The van der Waals surface area contributed by atoms with Crippen molar-refractivity contribution in [3.05, 3.63) is 53.3 Å². The first kappa shape index (κ1) is 19.0. The largest absolute Gasteiger partial charge is 0.465 e. The molecular formula is C22H24N4O3. The van der Waals surface area contributed by atoms with Crippen LogP contribution in [-0.4, -0.2) is 41.6 Å². The number of aromatic nitrogens is 2. The molecular weight excluding hydrogens is 368 g/mol. The fourth-order valence-electron chi connectivity index (χ4n) is 3.77. The highest BCUT2D eigenvalue weighted by Crippen LogP contribution is 2.31. The van der Waals surface area contributed by atoms with Crippen molar-refractivity contribution in [3.63, 3.8) is 0 Å². The van der Waals surface area contributed by atoms with Crippen LogP contribution < -0.4 is 10.2 Å². The Kier molecular flexibility index (Phi) is 4.96. The maximum absolute atomic E-state index is 13.0. The average Bonchev–Trinajstić information content (AvgIpc) is 3.35. The Morgan fingerprint density at radius 2 is 1.79 bits per heavy atom. The molecule has 3 aromatic rings. The number of nitrogens with zero attached hydrogens (tertiary/aromatic N) is 3. The lowest BCUT2D eigenvalue weighted by Gasteiger charge is -2.22. The van der Waals surface area contributed by atoms with E-state index in [-0.39, 0.29) is 5.91 Å². The molecule has 2 aromatic carbocycles. The van der Waals surface area contributed by atoms with Crippen molar-refractivity contribution in [2.75, 3.05) is 30.4 Å². The SMILES string of the molecule is COC(=O)c1ccc(N2CCCC2)c(NC(=O)c2ccc3c(c2)nc(C)n3C)c1. The summed E-state index contributed by atoms with van der Waals surface area (Å²) >= 11 is 0. The van der Waals surface area contributed by atoms with Gasteiger partial charge in [0.05, 0.1) is 35.1 Å². The van der Waals surface area contributed by atoms with Crippen molar-refractivity contribution in [1.29, 1.82) is 0 Å². The fourth-order valence-corrected chi connectivity index (χ4v) is 3.77. The number of nitrogens with one attached hydrogen (secondary N) is 1. The smallest absolute Gasteiger partial charge is 0.337 e. The minimum absolute atomic E-state index is 0.238. The number of methoxy groups -OCH3 is 1. The van der Waals surface area contributed by atoms with Crippen LogP contribution in [0.25, 0.3) is 11.0 Å². The summed E-state index contributed by atoms with van der Waals surface area (Å²) in [6.45, 7) is 3.79. The van der Waals surface area contributed by atoms with Gasteiger partial charge < -0.3 is 19.5 Å². The molecule has 1 N–H and O–H groups in total. The lowest BCUT2D eigenvalue weighted by atomic mass is 10.1. The number of amides is 1. The molecule has 0 aliphatic carbocycles. The summed E-state index contributed by atoms with van der Waals surface area (Å²) in [6, 6.07) is 10.8. The van der Waals surface area contributed by atoms with Gasteiger partial charge in [-0.2, -0.15) is 0 Å². The van der Waals surface area contributed by atoms with Gasteiger partial charge in [0.2, 0.25) is 0 Å². The number of aryl methyl sites for hydroxylation is 2. The molecule has 0 bridgehead atoms. The molecule has 2 heterocycles. The molecule has 0 radical (unpaired) electrons. The predicted molar refractivity (Wildman–Crippen MR) is 113 cm³/mol. The average molecular weight is 392 g/mol. The molecule has 29 heavy (non-hydrogen) atoms.